The number of aromatic nitrogens is 3. The van der Waals surface area contributed by atoms with Crippen LogP contribution in [0.5, 0.6) is 0 Å². The van der Waals surface area contributed by atoms with E-state index in [1.165, 1.54) is 6.20 Å². The monoisotopic (exact) mass is 323 g/mol. The van der Waals surface area contributed by atoms with Gasteiger partial charge in [0.2, 0.25) is 10.0 Å². The standard InChI is InChI=1S/C14H21N5O2S/c1-3-8-19-11-13(10-17-19)22(20,21)18-7-6-16-14-4-5-15-9-12(14)2/h4-5,9-11,18H,3,6-8H2,1-2H3,(H,15,16). The lowest BCUT2D eigenvalue weighted by atomic mass is 10.2. The number of anilines is 1. The molecule has 2 aromatic rings. The highest BCUT2D eigenvalue weighted by atomic mass is 32.2. The number of hydrogen-bond donors (Lipinski definition) is 2. The molecule has 0 aliphatic rings. The number of nitrogens with one attached hydrogen (secondary N) is 2. The second-order valence-corrected chi connectivity index (χ2v) is 6.72. The Bertz CT molecular complexity index is 712. The zero-order valence-electron chi connectivity index (χ0n) is 12.8. The van der Waals surface area contributed by atoms with E-state index in [9.17, 15) is 8.42 Å². The minimum absolute atomic E-state index is 0.195. The summed E-state index contributed by atoms with van der Waals surface area (Å²) in [5.74, 6) is 0. The second-order valence-electron chi connectivity index (χ2n) is 4.95. The molecule has 0 atom stereocenters. The average Bonchev–Trinajstić information content (AvgIpc) is 2.95. The second kappa shape index (κ2) is 7.37. The maximum atomic E-state index is 12.1. The molecular formula is C14H21N5O2S. The van der Waals surface area contributed by atoms with Crippen LogP contribution in [0.4, 0.5) is 5.69 Å². The molecule has 2 aromatic heterocycles. The quantitative estimate of drug-likeness (QED) is 0.717. The Balaban J connectivity index is 1.86. The number of aryl methyl sites for hydroxylation is 2. The van der Waals surface area contributed by atoms with Crippen LogP contribution >= 0.6 is 0 Å². The lowest BCUT2D eigenvalue weighted by molar-refractivity contribution is 0.580. The summed E-state index contributed by atoms with van der Waals surface area (Å²) < 4.78 is 28.4. The van der Waals surface area contributed by atoms with E-state index in [1.54, 1.807) is 23.3 Å². The average molecular weight is 323 g/mol. The zero-order valence-corrected chi connectivity index (χ0v) is 13.6. The molecule has 120 valence electrons. The van der Waals surface area contributed by atoms with Gasteiger partial charge < -0.3 is 5.32 Å². The molecule has 2 heterocycles. The third-order valence-corrected chi connectivity index (χ3v) is 4.54. The van der Waals surface area contributed by atoms with Gasteiger partial charge in [-0.3, -0.25) is 9.67 Å². The van der Waals surface area contributed by atoms with Crippen molar-refractivity contribution in [2.75, 3.05) is 18.4 Å². The molecule has 7 nitrogen and oxygen atoms in total. The molecular weight excluding hydrogens is 302 g/mol. The van der Waals surface area contributed by atoms with E-state index in [0.717, 1.165) is 17.7 Å². The van der Waals surface area contributed by atoms with Crippen LogP contribution in [0.15, 0.2) is 35.7 Å². The Hall–Kier alpha value is -1.93. The van der Waals surface area contributed by atoms with E-state index in [4.69, 9.17) is 0 Å². The minimum atomic E-state index is -3.51. The van der Waals surface area contributed by atoms with Crippen molar-refractivity contribution in [3.05, 3.63) is 36.4 Å². The third-order valence-electron chi connectivity index (χ3n) is 3.13. The molecule has 2 rings (SSSR count). The molecule has 0 aliphatic carbocycles. The van der Waals surface area contributed by atoms with Gasteiger partial charge in [-0.25, -0.2) is 13.1 Å². The van der Waals surface area contributed by atoms with E-state index in [2.05, 4.69) is 20.1 Å². The maximum Gasteiger partial charge on any atom is 0.243 e. The fourth-order valence-corrected chi connectivity index (χ4v) is 2.96. The summed E-state index contributed by atoms with van der Waals surface area (Å²) in [6.07, 6.45) is 7.28. The van der Waals surface area contributed by atoms with Gasteiger partial charge in [-0.1, -0.05) is 6.92 Å². The van der Waals surface area contributed by atoms with Gasteiger partial charge in [0.15, 0.2) is 0 Å². The molecule has 0 aromatic carbocycles. The molecule has 0 fully saturated rings. The highest BCUT2D eigenvalue weighted by Crippen LogP contribution is 2.11. The lowest BCUT2D eigenvalue weighted by Crippen LogP contribution is -2.28. The predicted molar refractivity (Wildman–Crippen MR) is 85.2 cm³/mol. The lowest BCUT2D eigenvalue weighted by Gasteiger charge is -2.09. The van der Waals surface area contributed by atoms with Crippen molar-refractivity contribution in [2.24, 2.45) is 0 Å². The van der Waals surface area contributed by atoms with Crippen LogP contribution in [0.3, 0.4) is 0 Å². The van der Waals surface area contributed by atoms with Crippen LogP contribution in [0.1, 0.15) is 18.9 Å². The number of sulfonamides is 1. The van der Waals surface area contributed by atoms with E-state index in [0.29, 0.717) is 19.6 Å². The van der Waals surface area contributed by atoms with Crippen molar-refractivity contribution in [1.82, 2.24) is 19.5 Å². The molecule has 0 radical (unpaired) electrons. The van der Waals surface area contributed by atoms with E-state index in [1.807, 2.05) is 19.9 Å². The Morgan fingerprint density at radius 3 is 2.82 bits per heavy atom. The number of rotatable bonds is 8. The molecule has 0 saturated heterocycles. The van der Waals surface area contributed by atoms with Crippen molar-refractivity contribution >= 4 is 15.7 Å². The predicted octanol–water partition coefficient (Wildman–Crippen LogP) is 1.39. The SMILES string of the molecule is CCCn1cc(S(=O)(=O)NCCNc2ccncc2C)cn1. The summed E-state index contributed by atoms with van der Waals surface area (Å²) >= 11 is 0. The van der Waals surface area contributed by atoms with Gasteiger partial charge in [0.25, 0.3) is 0 Å². The molecule has 8 heteroatoms. The molecule has 0 bridgehead atoms. The first kappa shape index (κ1) is 16.4. The topological polar surface area (TPSA) is 88.9 Å². The summed E-state index contributed by atoms with van der Waals surface area (Å²) in [4.78, 5) is 4.20. The Labute approximate surface area is 130 Å². The fraction of sp³-hybridized carbons (Fsp3) is 0.429. The van der Waals surface area contributed by atoms with Crippen LogP contribution in [-0.4, -0.2) is 36.3 Å². The summed E-state index contributed by atoms with van der Waals surface area (Å²) in [5.41, 5.74) is 1.97. The van der Waals surface area contributed by atoms with Crippen LogP contribution in [-0.2, 0) is 16.6 Å². The van der Waals surface area contributed by atoms with Crippen LogP contribution < -0.4 is 10.0 Å². The number of pyridine rings is 1. The van der Waals surface area contributed by atoms with Crippen molar-refractivity contribution in [3.8, 4) is 0 Å². The van der Waals surface area contributed by atoms with Crippen molar-refractivity contribution < 1.29 is 8.42 Å². The molecule has 0 amide bonds. The maximum absolute atomic E-state index is 12.1. The van der Waals surface area contributed by atoms with E-state index in [-0.39, 0.29) is 4.90 Å². The van der Waals surface area contributed by atoms with E-state index < -0.39 is 10.0 Å². The number of hydrogen-bond acceptors (Lipinski definition) is 5. The molecule has 2 N–H and O–H groups in total. The highest BCUT2D eigenvalue weighted by molar-refractivity contribution is 7.89. The Morgan fingerprint density at radius 1 is 1.27 bits per heavy atom. The van der Waals surface area contributed by atoms with Gasteiger partial charge in [0.05, 0.1) is 6.20 Å². The Kier molecular flexibility index (Phi) is 5.51. The van der Waals surface area contributed by atoms with Crippen LogP contribution in [0, 0.1) is 6.92 Å². The summed E-state index contributed by atoms with van der Waals surface area (Å²) in [6.45, 7) is 5.46. The molecule has 22 heavy (non-hydrogen) atoms. The first-order chi connectivity index (χ1) is 10.5. The molecule has 0 aliphatic heterocycles. The van der Waals surface area contributed by atoms with Gasteiger partial charge in [0.1, 0.15) is 4.90 Å². The summed E-state index contributed by atoms with van der Waals surface area (Å²) in [6, 6.07) is 1.86. The first-order valence-corrected chi connectivity index (χ1v) is 8.68. The first-order valence-electron chi connectivity index (χ1n) is 7.19. The van der Waals surface area contributed by atoms with Crippen molar-refractivity contribution in [1.29, 1.82) is 0 Å². The van der Waals surface area contributed by atoms with Gasteiger partial charge in [0, 0.05) is 43.9 Å². The van der Waals surface area contributed by atoms with E-state index >= 15 is 0 Å². The summed E-state index contributed by atoms with van der Waals surface area (Å²) in [5, 5.41) is 7.21. The van der Waals surface area contributed by atoms with Gasteiger partial charge >= 0.3 is 0 Å². The van der Waals surface area contributed by atoms with Crippen molar-refractivity contribution in [3.63, 3.8) is 0 Å². The number of nitrogens with zero attached hydrogens (tertiary/aromatic N) is 3. The largest absolute Gasteiger partial charge is 0.383 e. The minimum Gasteiger partial charge on any atom is -0.383 e. The highest BCUT2D eigenvalue weighted by Gasteiger charge is 2.15. The fourth-order valence-electron chi connectivity index (χ4n) is 1.97. The van der Waals surface area contributed by atoms with Crippen molar-refractivity contribution in [2.45, 2.75) is 31.7 Å². The van der Waals surface area contributed by atoms with Gasteiger partial charge in [-0.2, -0.15) is 5.10 Å². The zero-order chi connectivity index (χ0) is 16.0. The van der Waals surface area contributed by atoms with Gasteiger partial charge in [-0.15, -0.1) is 0 Å². The molecule has 0 unspecified atom stereocenters. The molecule has 0 saturated carbocycles. The van der Waals surface area contributed by atoms with Crippen LogP contribution in [0.25, 0.3) is 0 Å². The molecule has 0 spiro atoms. The summed E-state index contributed by atoms with van der Waals surface area (Å²) in [7, 11) is -3.51. The van der Waals surface area contributed by atoms with Gasteiger partial charge in [-0.05, 0) is 25.0 Å². The Morgan fingerprint density at radius 2 is 2.09 bits per heavy atom. The van der Waals surface area contributed by atoms with Crippen LogP contribution in [0.2, 0.25) is 0 Å². The third kappa shape index (κ3) is 4.28. The smallest absolute Gasteiger partial charge is 0.243 e. The normalized spacial score (nSPS) is 11.5.